The van der Waals surface area contributed by atoms with Crippen LogP contribution in [-0.2, 0) is 0 Å². The number of carboxylic acids is 1. The van der Waals surface area contributed by atoms with E-state index in [1.54, 1.807) is 0 Å². The number of pyridine rings is 1. The Kier molecular flexibility index (Phi) is 3.80. The van der Waals surface area contributed by atoms with Crippen molar-refractivity contribution >= 4 is 17.7 Å². The van der Waals surface area contributed by atoms with Crippen molar-refractivity contribution in [3.63, 3.8) is 0 Å². The second-order valence-corrected chi connectivity index (χ2v) is 5.08. The number of carboxylic acid groups (broad SMARTS) is 1. The Hall–Kier alpha value is -1.95. The van der Waals surface area contributed by atoms with E-state index in [1.165, 1.54) is 30.1 Å². The van der Waals surface area contributed by atoms with E-state index >= 15 is 0 Å². The highest BCUT2D eigenvalue weighted by Crippen LogP contribution is 2.24. The highest BCUT2D eigenvalue weighted by molar-refractivity contribution is 7.99. The standard InChI is InChI=1S/C13H13N3O2S/c1-7-8(2)15-13(16-9(7)3)19-11-6-10(12(17)18)4-5-14-11/h4-6H,1-3H3,(H,17,18). The first-order valence-corrected chi connectivity index (χ1v) is 6.48. The van der Waals surface area contributed by atoms with Gasteiger partial charge in [-0.25, -0.2) is 19.7 Å². The van der Waals surface area contributed by atoms with Crippen molar-refractivity contribution in [2.75, 3.05) is 0 Å². The van der Waals surface area contributed by atoms with Crippen LogP contribution in [-0.4, -0.2) is 26.0 Å². The molecule has 0 saturated carbocycles. The number of carbonyl (C=O) groups is 1. The van der Waals surface area contributed by atoms with Gasteiger partial charge in [-0.3, -0.25) is 0 Å². The summed E-state index contributed by atoms with van der Waals surface area (Å²) in [6.45, 7) is 5.83. The summed E-state index contributed by atoms with van der Waals surface area (Å²) in [4.78, 5) is 23.7. The molecule has 2 heterocycles. The highest BCUT2D eigenvalue weighted by atomic mass is 32.2. The fourth-order valence-electron chi connectivity index (χ4n) is 1.48. The average Bonchev–Trinajstić information content (AvgIpc) is 2.36. The molecule has 0 fully saturated rings. The second-order valence-electron chi connectivity index (χ2n) is 4.09. The molecule has 0 aliphatic heterocycles. The van der Waals surface area contributed by atoms with Crippen LogP contribution >= 0.6 is 11.8 Å². The number of aromatic nitrogens is 3. The molecule has 2 aromatic heterocycles. The number of aromatic carboxylic acids is 1. The summed E-state index contributed by atoms with van der Waals surface area (Å²) in [7, 11) is 0. The molecule has 0 bridgehead atoms. The van der Waals surface area contributed by atoms with Crippen LogP contribution in [0.4, 0.5) is 0 Å². The topological polar surface area (TPSA) is 76.0 Å². The molecule has 5 nitrogen and oxygen atoms in total. The Bertz CT molecular complexity index is 621. The minimum Gasteiger partial charge on any atom is -0.478 e. The first-order valence-electron chi connectivity index (χ1n) is 5.66. The number of aryl methyl sites for hydroxylation is 2. The predicted octanol–water partition coefficient (Wildman–Crippen LogP) is 2.65. The normalized spacial score (nSPS) is 10.5. The number of hydrogen-bond acceptors (Lipinski definition) is 5. The van der Waals surface area contributed by atoms with E-state index in [4.69, 9.17) is 5.11 Å². The monoisotopic (exact) mass is 275 g/mol. The fraction of sp³-hybridized carbons (Fsp3) is 0.231. The van der Waals surface area contributed by atoms with E-state index in [9.17, 15) is 4.79 Å². The van der Waals surface area contributed by atoms with Crippen molar-refractivity contribution in [1.29, 1.82) is 0 Å². The number of nitrogens with zero attached hydrogens (tertiary/aromatic N) is 3. The number of rotatable bonds is 3. The van der Waals surface area contributed by atoms with E-state index < -0.39 is 5.97 Å². The van der Waals surface area contributed by atoms with Gasteiger partial charge in [0.2, 0.25) is 0 Å². The summed E-state index contributed by atoms with van der Waals surface area (Å²) in [5, 5.41) is 10.1. The van der Waals surface area contributed by atoms with E-state index in [1.807, 2.05) is 20.8 Å². The molecule has 6 heteroatoms. The van der Waals surface area contributed by atoms with Gasteiger partial charge in [0.1, 0.15) is 5.03 Å². The van der Waals surface area contributed by atoms with E-state index in [0.717, 1.165) is 17.0 Å². The summed E-state index contributed by atoms with van der Waals surface area (Å²) < 4.78 is 0. The summed E-state index contributed by atoms with van der Waals surface area (Å²) in [6.07, 6.45) is 1.47. The van der Waals surface area contributed by atoms with Crippen molar-refractivity contribution < 1.29 is 9.90 Å². The van der Waals surface area contributed by atoms with Gasteiger partial charge in [0.15, 0.2) is 5.16 Å². The van der Waals surface area contributed by atoms with Crippen LogP contribution in [0.15, 0.2) is 28.5 Å². The molecule has 19 heavy (non-hydrogen) atoms. The van der Waals surface area contributed by atoms with E-state index in [0.29, 0.717) is 10.2 Å². The average molecular weight is 275 g/mol. The molecule has 0 aliphatic rings. The predicted molar refractivity (Wildman–Crippen MR) is 71.6 cm³/mol. The Morgan fingerprint density at radius 1 is 1.21 bits per heavy atom. The van der Waals surface area contributed by atoms with Crippen LogP contribution in [0.1, 0.15) is 27.3 Å². The molecule has 2 rings (SSSR count). The third-order valence-electron chi connectivity index (χ3n) is 2.79. The maximum Gasteiger partial charge on any atom is 0.335 e. The smallest absolute Gasteiger partial charge is 0.335 e. The van der Waals surface area contributed by atoms with E-state index in [-0.39, 0.29) is 5.56 Å². The van der Waals surface area contributed by atoms with Crippen molar-refractivity contribution in [3.8, 4) is 0 Å². The summed E-state index contributed by atoms with van der Waals surface area (Å²) in [6, 6.07) is 2.97. The summed E-state index contributed by atoms with van der Waals surface area (Å²) >= 11 is 1.26. The van der Waals surface area contributed by atoms with Crippen LogP contribution in [0.2, 0.25) is 0 Å². The van der Waals surface area contributed by atoms with Gasteiger partial charge in [-0.05, 0) is 50.2 Å². The third-order valence-corrected chi connectivity index (χ3v) is 3.59. The maximum atomic E-state index is 10.9. The minimum absolute atomic E-state index is 0.207. The van der Waals surface area contributed by atoms with Gasteiger partial charge in [0.25, 0.3) is 0 Å². The van der Waals surface area contributed by atoms with Crippen molar-refractivity contribution in [3.05, 3.63) is 40.8 Å². The lowest BCUT2D eigenvalue weighted by Gasteiger charge is -2.06. The van der Waals surface area contributed by atoms with E-state index in [2.05, 4.69) is 15.0 Å². The molecule has 0 unspecified atom stereocenters. The Morgan fingerprint density at radius 2 is 1.84 bits per heavy atom. The van der Waals surface area contributed by atoms with Crippen LogP contribution < -0.4 is 0 Å². The Morgan fingerprint density at radius 3 is 2.42 bits per heavy atom. The Labute approximate surface area is 115 Å². The Balaban J connectivity index is 2.31. The molecule has 0 saturated heterocycles. The molecule has 0 radical (unpaired) electrons. The highest BCUT2D eigenvalue weighted by Gasteiger charge is 2.09. The summed E-state index contributed by atoms with van der Waals surface area (Å²) in [5.41, 5.74) is 3.11. The molecule has 0 amide bonds. The zero-order valence-corrected chi connectivity index (χ0v) is 11.7. The molecule has 0 spiro atoms. The maximum absolute atomic E-state index is 10.9. The van der Waals surface area contributed by atoms with Gasteiger partial charge < -0.3 is 5.11 Å². The van der Waals surface area contributed by atoms with Gasteiger partial charge >= 0.3 is 5.97 Å². The largest absolute Gasteiger partial charge is 0.478 e. The summed E-state index contributed by atoms with van der Waals surface area (Å²) in [5.74, 6) is -0.971. The second kappa shape index (κ2) is 5.36. The molecular formula is C13H13N3O2S. The first kappa shape index (κ1) is 13.5. The lowest BCUT2D eigenvalue weighted by molar-refractivity contribution is 0.0696. The molecule has 0 atom stereocenters. The fourth-order valence-corrected chi connectivity index (χ4v) is 2.33. The molecule has 1 N–H and O–H groups in total. The molecule has 98 valence electrons. The minimum atomic E-state index is -0.971. The zero-order chi connectivity index (χ0) is 14.0. The van der Waals surface area contributed by atoms with Crippen molar-refractivity contribution in [2.45, 2.75) is 31.0 Å². The van der Waals surface area contributed by atoms with Crippen LogP contribution in [0.25, 0.3) is 0 Å². The van der Waals surface area contributed by atoms with Gasteiger partial charge in [-0.15, -0.1) is 0 Å². The van der Waals surface area contributed by atoms with Crippen LogP contribution in [0, 0.1) is 20.8 Å². The lowest BCUT2D eigenvalue weighted by atomic mass is 10.2. The van der Waals surface area contributed by atoms with Crippen molar-refractivity contribution in [2.24, 2.45) is 0 Å². The molecular weight excluding hydrogens is 262 g/mol. The van der Waals surface area contributed by atoms with Crippen LogP contribution in [0.5, 0.6) is 0 Å². The van der Waals surface area contributed by atoms with Crippen molar-refractivity contribution in [1.82, 2.24) is 15.0 Å². The van der Waals surface area contributed by atoms with Gasteiger partial charge in [-0.1, -0.05) is 0 Å². The van der Waals surface area contributed by atoms with Gasteiger partial charge in [-0.2, -0.15) is 0 Å². The quantitative estimate of drug-likeness (QED) is 0.868. The number of hydrogen-bond donors (Lipinski definition) is 1. The van der Waals surface area contributed by atoms with Crippen LogP contribution in [0.3, 0.4) is 0 Å². The third kappa shape index (κ3) is 3.08. The molecule has 0 aliphatic carbocycles. The SMILES string of the molecule is Cc1nc(Sc2cc(C(=O)O)ccn2)nc(C)c1C. The first-order chi connectivity index (χ1) is 8.97. The lowest BCUT2D eigenvalue weighted by Crippen LogP contribution is -1.99. The van der Waals surface area contributed by atoms with Gasteiger partial charge in [0.05, 0.1) is 5.56 Å². The zero-order valence-electron chi connectivity index (χ0n) is 10.8. The van der Waals surface area contributed by atoms with Gasteiger partial charge in [0, 0.05) is 17.6 Å². The molecule has 0 aromatic carbocycles. The molecule has 2 aromatic rings.